The summed E-state index contributed by atoms with van der Waals surface area (Å²) in [6, 6.07) is 8.42. The Hall–Kier alpha value is -2.10. The molecule has 1 amide bonds. The second-order valence-corrected chi connectivity index (χ2v) is 10.3. The Balaban J connectivity index is 1.30. The summed E-state index contributed by atoms with van der Waals surface area (Å²) in [4.78, 5) is 13.1. The van der Waals surface area contributed by atoms with Gasteiger partial charge < -0.3 is 5.32 Å². The molecule has 0 spiro atoms. The largest absolute Gasteiger partial charge is 0.323 e. The molecular weight excluding hydrogens is 358 g/mol. The molecule has 1 aromatic heterocycles. The van der Waals surface area contributed by atoms with Crippen molar-refractivity contribution in [3.8, 4) is 0 Å². The minimum atomic E-state index is 0.189. The van der Waals surface area contributed by atoms with Crippen molar-refractivity contribution in [1.82, 2.24) is 9.78 Å². The number of hydrogen-bond donors (Lipinski definition) is 1. The Morgan fingerprint density at radius 3 is 2.31 bits per heavy atom. The predicted molar refractivity (Wildman–Crippen MR) is 116 cm³/mol. The quantitative estimate of drug-likeness (QED) is 0.741. The molecule has 0 saturated heterocycles. The number of carbonyl (C=O) groups excluding carboxylic acids is 1. The van der Waals surface area contributed by atoms with Crippen molar-refractivity contribution in [2.24, 2.45) is 23.2 Å². The fourth-order valence-corrected chi connectivity index (χ4v) is 7.01. The number of hydrogen-bond acceptors (Lipinski definition) is 2. The van der Waals surface area contributed by atoms with E-state index in [0.29, 0.717) is 6.42 Å². The number of aromatic nitrogens is 2. The van der Waals surface area contributed by atoms with E-state index in [4.69, 9.17) is 5.10 Å². The average Bonchev–Trinajstić information content (AvgIpc) is 2.89. The van der Waals surface area contributed by atoms with Crippen LogP contribution in [-0.2, 0) is 11.3 Å². The summed E-state index contributed by atoms with van der Waals surface area (Å²) in [6.07, 6.45) is 8.78. The van der Waals surface area contributed by atoms with E-state index in [-0.39, 0.29) is 11.3 Å². The molecule has 29 heavy (non-hydrogen) atoms. The highest BCUT2D eigenvalue weighted by atomic mass is 16.1. The third-order valence-corrected chi connectivity index (χ3v) is 7.93. The van der Waals surface area contributed by atoms with Crippen molar-refractivity contribution in [3.05, 3.63) is 46.8 Å². The summed E-state index contributed by atoms with van der Waals surface area (Å²) in [7, 11) is 0. The van der Waals surface area contributed by atoms with E-state index in [0.717, 1.165) is 41.4 Å². The summed E-state index contributed by atoms with van der Waals surface area (Å²) in [5.74, 6) is 2.84. The van der Waals surface area contributed by atoms with Crippen molar-refractivity contribution < 1.29 is 4.79 Å². The van der Waals surface area contributed by atoms with Crippen LogP contribution >= 0.6 is 0 Å². The summed E-state index contributed by atoms with van der Waals surface area (Å²) >= 11 is 0. The molecular formula is C25H33N3O. The molecule has 4 aliphatic rings. The number of rotatable bonds is 5. The molecule has 2 aromatic rings. The first-order valence-electron chi connectivity index (χ1n) is 11.3. The number of aryl methyl sites for hydroxylation is 2. The lowest BCUT2D eigenvalue weighted by Crippen LogP contribution is -2.47. The van der Waals surface area contributed by atoms with E-state index in [1.54, 1.807) is 0 Å². The monoisotopic (exact) mass is 391 g/mol. The second-order valence-electron chi connectivity index (χ2n) is 10.3. The normalized spacial score (nSPS) is 30.0. The van der Waals surface area contributed by atoms with Crippen LogP contribution in [0.1, 0.15) is 67.5 Å². The van der Waals surface area contributed by atoms with Crippen molar-refractivity contribution in [3.63, 3.8) is 0 Å². The van der Waals surface area contributed by atoms with Crippen molar-refractivity contribution in [2.45, 2.75) is 72.3 Å². The predicted octanol–water partition coefficient (Wildman–Crippen LogP) is 5.40. The highest BCUT2D eigenvalue weighted by Crippen LogP contribution is 2.61. The van der Waals surface area contributed by atoms with Gasteiger partial charge in [-0.25, -0.2) is 0 Å². The van der Waals surface area contributed by atoms with E-state index in [1.807, 2.05) is 11.6 Å². The fraction of sp³-hybridized carbons (Fsp3) is 0.600. The van der Waals surface area contributed by atoms with E-state index in [9.17, 15) is 4.79 Å². The van der Waals surface area contributed by atoms with Gasteiger partial charge in [0, 0.05) is 6.42 Å². The molecule has 0 radical (unpaired) electrons. The molecule has 4 nitrogen and oxygen atoms in total. The van der Waals surface area contributed by atoms with E-state index in [2.05, 4.69) is 43.4 Å². The number of benzene rings is 1. The van der Waals surface area contributed by atoms with Gasteiger partial charge in [0.05, 0.1) is 23.6 Å². The van der Waals surface area contributed by atoms with Gasteiger partial charge in [-0.15, -0.1) is 0 Å². The number of carbonyl (C=O) groups is 1. The first-order chi connectivity index (χ1) is 13.9. The SMILES string of the molecule is Cc1ccccc1Cn1nc(C)c(NC(=O)CC23CC4CC(CC(C4)C2)C3)c1C. The molecule has 6 rings (SSSR count). The van der Waals surface area contributed by atoms with Crippen LogP contribution in [0.3, 0.4) is 0 Å². The van der Waals surface area contributed by atoms with Crippen LogP contribution in [0.15, 0.2) is 24.3 Å². The van der Waals surface area contributed by atoms with Crippen LogP contribution in [-0.4, -0.2) is 15.7 Å². The summed E-state index contributed by atoms with van der Waals surface area (Å²) in [5.41, 5.74) is 5.68. The van der Waals surface area contributed by atoms with E-state index < -0.39 is 0 Å². The maximum atomic E-state index is 13.1. The summed E-state index contributed by atoms with van der Waals surface area (Å²) in [5, 5.41) is 7.98. The first kappa shape index (κ1) is 18.9. The van der Waals surface area contributed by atoms with Crippen LogP contribution in [0, 0.1) is 43.9 Å². The van der Waals surface area contributed by atoms with Gasteiger partial charge in [-0.3, -0.25) is 9.48 Å². The molecule has 4 aliphatic carbocycles. The lowest BCUT2D eigenvalue weighted by Gasteiger charge is -2.56. The highest BCUT2D eigenvalue weighted by molar-refractivity contribution is 5.92. The van der Waals surface area contributed by atoms with Crippen molar-refractivity contribution in [1.29, 1.82) is 0 Å². The van der Waals surface area contributed by atoms with Gasteiger partial charge in [0.1, 0.15) is 0 Å². The minimum absolute atomic E-state index is 0.189. The van der Waals surface area contributed by atoms with Crippen LogP contribution < -0.4 is 5.32 Å². The highest BCUT2D eigenvalue weighted by Gasteiger charge is 2.51. The van der Waals surface area contributed by atoms with Gasteiger partial charge in [0.15, 0.2) is 0 Å². The van der Waals surface area contributed by atoms with Crippen LogP contribution in [0.4, 0.5) is 5.69 Å². The third kappa shape index (κ3) is 3.51. The fourth-order valence-electron chi connectivity index (χ4n) is 7.01. The topological polar surface area (TPSA) is 46.9 Å². The first-order valence-corrected chi connectivity index (χ1v) is 11.3. The number of amides is 1. The van der Waals surface area contributed by atoms with Gasteiger partial charge in [0.25, 0.3) is 0 Å². The Morgan fingerprint density at radius 1 is 1.07 bits per heavy atom. The zero-order chi connectivity index (χ0) is 20.2. The number of nitrogens with one attached hydrogen (secondary N) is 1. The summed E-state index contributed by atoms with van der Waals surface area (Å²) < 4.78 is 2.03. The van der Waals surface area contributed by atoms with Crippen molar-refractivity contribution in [2.75, 3.05) is 5.32 Å². The Kier molecular flexibility index (Phi) is 4.56. The molecule has 4 heteroatoms. The molecule has 1 aromatic carbocycles. The van der Waals surface area contributed by atoms with E-state index in [1.165, 1.54) is 49.7 Å². The smallest absolute Gasteiger partial charge is 0.225 e. The van der Waals surface area contributed by atoms with Crippen LogP contribution in [0.5, 0.6) is 0 Å². The summed E-state index contributed by atoms with van der Waals surface area (Å²) in [6.45, 7) is 6.94. The lowest BCUT2D eigenvalue weighted by atomic mass is 9.49. The zero-order valence-corrected chi connectivity index (χ0v) is 18.0. The Bertz CT molecular complexity index is 906. The zero-order valence-electron chi connectivity index (χ0n) is 18.0. The molecule has 4 saturated carbocycles. The maximum Gasteiger partial charge on any atom is 0.225 e. The van der Waals surface area contributed by atoms with Gasteiger partial charge in [-0.2, -0.15) is 5.10 Å². The van der Waals surface area contributed by atoms with Crippen LogP contribution in [0.2, 0.25) is 0 Å². The molecule has 0 aliphatic heterocycles. The van der Waals surface area contributed by atoms with Gasteiger partial charge >= 0.3 is 0 Å². The minimum Gasteiger partial charge on any atom is -0.323 e. The molecule has 0 atom stereocenters. The maximum absolute atomic E-state index is 13.1. The van der Waals surface area contributed by atoms with Crippen molar-refractivity contribution >= 4 is 11.6 Å². The van der Waals surface area contributed by atoms with Gasteiger partial charge in [-0.05, 0) is 93.6 Å². The molecule has 4 bridgehead atoms. The average molecular weight is 392 g/mol. The van der Waals surface area contributed by atoms with Gasteiger partial charge in [-0.1, -0.05) is 24.3 Å². The number of nitrogens with zero attached hydrogens (tertiary/aromatic N) is 2. The number of anilines is 1. The molecule has 154 valence electrons. The molecule has 1 heterocycles. The standard InChI is InChI=1S/C25H33N3O/c1-16-6-4-5-7-22(16)15-28-18(3)24(17(2)27-28)26-23(29)14-25-11-19-8-20(12-25)10-21(9-19)13-25/h4-7,19-21H,8-15H2,1-3H3,(H,26,29). The second kappa shape index (κ2) is 7.00. The molecule has 1 N–H and O–H groups in total. The lowest BCUT2D eigenvalue weighted by molar-refractivity contribution is -0.124. The van der Waals surface area contributed by atoms with Gasteiger partial charge in [0.2, 0.25) is 5.91 Å². The Labute approximate surface area is 174 Å². The van der Waals surface area contributed by atoms with Crippen LogP contribution in [0.25, 0.3) is 0 Å². The van der Waals surface area contributed by atoms with E-state index >= 15 is 0 Å². The molecule has 0 unspecified atom stereocenters. The third-order valence-electron chi connectivity index (χ3n) is 7.93. The molecule has 4 fully saturated rings. The Morgan fingerprint density at radius 2 is 1.69 bits per heavy atom.